The van der Waals surface area contributed by atoms with Crippen molar-refractivity contribution >= 4 is 45.3 Å². The van der Waals surface area contributed by atoms with Crippen LogP contribution in [0.3, 0.4) is 0 Å². The van der Waals surface area contributed by atoms with E-state index in [9.17, 15) is 0 Å². The number of benzene rings is 5. The standard InChI is InChI=1S/C34H30ClP/c1-28-17-19-29(20-18-28)21-22-30-23-25-31(26-24-30)27-36(35,32-11-5-2-6-12-32,33-13-7-3-8-14-33)34-15-9-4-10-16-34/h2-26H,27H2,1H3. The van der Waals surface area contributed by atoms with Crippen molar-refractivity contribution in [3.05, 3.63) is 162 Å². The number of hydrogen-bond donors (Lipinski definition) is 0. The van der Waals surface area contributed by atoms with Crippen molar-refractivity contribution in [2.45, 2.75) is 13.1 Å². The van der Waals surface area contributed by atoms with Gasteiger partial charge in [-0.2, -0.15) is 0 Å². The van der Waals surface area contributed by atoms with Crippen LogP contribution in [0.5, 0.6) is 0 Å². The topological polar surface area (TPSA) is 0 Å². The number of hydrogen-bond acceptors (Lipinski definition) is 0. The Morgan fingerprint density at radius 1 is 0.500 bits per heavy atom. The summed E-state index contributed by atoms with van der Waals surface area (Å²) in [6.45, 7) is 2.11. The van der Waals surface area contributed by atoms with Crippen molar-refractivity contribution in [2.24, 2.45) is 0 Å². The Balaban J connectivity index is 1.59. The van der Waals surface area contributed by atoms with Gasteiger partial charge in [-0.3, -0.25) is 0 Å². The summed E-state index contributed by atoms with van der Waals surface area (Å²) in [5.41, 5.74) is 4.88. The summed E-state index contributed by atoms with van der Waals surface area (Å²) in [5, 5.41) is 3.56. The second-order valence-electron chi connectivity index (χ2n) is 9.33. The molecule has 2 heteroatoms. The van der Waals surface area contributed by atoms with Gasteiger partial charge in [0.25, 0.3) is 0 Å². The molecule has 0 heterocycles. The van der Waals surface area contributed by atoms with Crippen LogP contribution in [0, 0.1) is 6.92 Å². The summed E-state index contributed by atoms with van der Waals surface area (Å²) in [5.74, 6) is -3.32. The number of halogens is 1. The Morgan fingerprint density at radius 3 is 1.25 bits per heavy atom. The molecule has 0 saturated heterocycles. The SMILES string of the molecule is Cc1ccc(C=Cc2ccc(CP(Cl)(c3ccccc3)(c3ccccc3)c3ccccc3)cc2)cc1. The molecule has 5 aromatic rings. The van der Waals surface area contributed by atoms with E-state index in [2.05, 4.69) is 159 Å². The molecule has 0 saturated carbocycles. The van der Waals surface area contributed by atoms with Gasteiger partial charge in [-0.05, 0) is 0 Å². The summed E-state index contributed by atoms with van der Waals surface area (Å²) in [4.78, 5) is 0. The van der Waals surface area contributed by atoms with Crippen molar-refractivity contribution in [3.63, 3.8) is 0 Å². The summed E-state index contributed by atoms with van der Waals surface area (Å²) in [7, 11) is 0. The molecule has 0 aliphatic rings. The minimum absolute atomic E-state index is 0.743. The van der Waals surface area contributed by atoms with Crippen molar-refractivity contribution in [1.29, 1.82) is 0 Å². The van der Waals surface area contributed by atoms with E-state index in [4.69, 9.17) is 11.2 Å². The van der Waals surface area contributed by atoms with Gasteiger partial charge in [-0.25, -0.2) is 0 Å². The first-order valence-electron chi connectivity index (χ1n) is 12.3. The first-order chi connectivity index (χ1) is 17.6. The molecule has 0 unspecified atom stereocenters. The van der Waals surface area contributed by atoms with E-state index in [1.165, 1.54) is 38.2 Å². The first-order valence-corrected chi connectivity index (χ1v) is 15.6. The van der Waals surface area contributed by atoms with Crippen LogP contribution in [-0.2, 0) is 6.16 Å². The molecular formula is C34H30ClP. The van der Waals surface area contributed by atoms with Crippen LogP contribution < -0.4 is 15.9 Å². The molecule has 178 valence electrons. The average Bonchev–Trinajstić information content (AvgIpc) is 2.95. The number of aryl methyl sites for hydroxylation is 1. The minimum atomic E-state index is -3.32. The molecule has 5 rings (SSSR count). The van der Waals surface area contributed by atoms with E-state index < -0.39 is 5.96 Å². The van der Waals surface area contributed by atoms with E-state index in [0.29, 0.717) is 0 Å². The monoisotopic (exact) mass is 504 g/mol. The molecule has 0 bridgehead atoms. The second kappa shape index (κ2) is 10.3. The van der Waals surface area contributed by atoms with Crippen molar-refractivity contribution in [3.8, 4) is 0 Å². The normalized spacial score (nSPS) is 12.8. The van der Waals surface area contributed by atoms with Gasteiger partial charge in [0.2, 0.25) is 0 Å². The van der Waals surface area contributed by atoms with Crippen molar-refractivity contribution < 1.29 is 0 Å². The molecule has 5 aromatic carbocycles. The van der Waals surface area contributed by atoms with Gasteiger partial charge in [0.05, 0.1) is 0 Å². The van der Waals surface area contributed by atoms with Gasteiger partial charge >= 0.3 is 220 Å². The average molecular weight is 505 g/mol. The predicted molar refractivity (Wildman–Crippen MR) is 161 cm³/mol. The molecular weight excluding hydrogens is 475 g/mol. The molecule has 0 amide bonds. The predicted octanol–water partition coefficient (Wildman–Crippen LogP) is 8.35. The van der Waals surface area contributed by atoms with Gasteiger partial charge in [-0.1, -0.05) is 0 Å². The van der Waals surface area contributed by atoms with Gasteiger partial charge in [0.15, 0.2) is 0 Å². The van der Waals surface area contributed by atoms with E-state index in [-0.39, 0.29) is 0 Å². The molecule has 0 radical (unpaired) electrons. The van der Waals surface area contributed by atoms with Gasteiger partial charge in [-0.15, -0.1) is 0 Å². The molecule has 0 aliphatic carbocycles. The summed E-state index contributed by atoms with van der Waals surface area (Å²) in [6, 6.07) is 49.4. The van der Waals surface area contributed by atoms with Gasteiger partial charge in [0.1, 0.15) is 0 Å². The molecule has 0 N–H and O–H groups in total. The third-order valence-corrected chi connectivity index (χ3v) is 14.1. The second-order valence-corrected chi connectivity index (χ2v) is 15.8. The third-order valence-electron chi connectivity index (χ3n) is 6.89. The number of rotatable bonds is 7. The van der Waals surface area contributed by atoms with Crippen LogP contribution >= 0.6 is 17.2 Å². The van der Waals surface area contributed by atoms with Crippen molar-refractivity contribution in [1.82, 2.24) is 0 Å². The van der Waals surface area contributed by atoms with Gasteiger partial charge in [0, 0.05) is 0 Å². The van der Waals surface area contributed by atoms with E-state index in [1.807, 2.05) is 0 Å². The van der Waals surface area contributed by atoms with E-state index >= 15 is 0 Å². The molecule has 0 atom stereocenters. The molecule has 0 spiro atoms. The van der Waals surface area contributed by atoms with Crippen LogP contribution in [0.1, 0.15) is 22.3 Å². The Morgan fingerprint density at radius 2 is 0.861 bits per heavy atom. The quantitative estimate of drug-likeness (QED) is 0.154. The van der Waals surface area contributed by atoms with Crippen LogP contribution in [-0.4, -0.2) is 0 Å². The zero-order chi connectivity index (χ0) is 24.9. The fourth-order valence-corrected chi connectivity index (χ4v) is 11.0. The van der Waals surface area contributed by atoms with E-state index in [0.717, 1.165) is 6.16 Å². The molecule has 0 nitrogen and oxygen atoms in total. The summed E-state index contributed by atoms with van der Waals surface area (Å²) >= 11 is 8.22. The fraction of sp³-hybridized carbons (Fsp3) is 0.0588. The summed E-state index contributed by atoms with van der Waals surface area (Å²) < 4.78 is 0. The maximum atomic E-state index is 8.22. The first kappa shape index (κ1) is 24.3. The zero-order valence-corrected chi connectivity index (χ0v) is 22.1. The Hall–Kier alpha value is -3.44. The van der Waals surface area contributed by atoms with Crippen LogP contribution in [0.4, 0.5) is 0 Å². The van der Waals surface area contributed by atoms with Crippen LogP contribution in [0.25, 0.3) is 12.2 Å². The maximum absolute atomic E-state index is 8.22. The van der Waals surface area contributed by atoms with E-state index in [1.54, 1.807) is 0 Å². The van der Waals surface area contributed by atoms with Crippen LogP contribution in [0.2, 0.25) is 0 Å². The molecule has 36 heavy (non-hydrogen) atoms. The van der Waals surface area contributed by atoms with Crippen LogP contribution in [0.15, 0.2) is 140 Å². The van der Waals surface area contributed by atoms with Gasteiger partial charge < -0.3 is 0 Å². The Bertz CT molecular complexity index is 1340. The summed E-state index contributed by atoms with van der Waals surface area (Å²) in [6.07, 6.45) is 5.07. The Kier molecular flexibility index (Phi) is 6.92. The fourth-order valence-electron chi connectivity index (χ4n) is 4.88. The molecule has 0 aliphatic heterocycles. The zero-order valence-electron chi connectivity index (χ0n) is 20.5. The van der Waals surface area contributed by atoms with Crippen molar-refractivity contribution in [2.75, 3.05) is 0 Å². The molecule has 0 fully saturated rings. The third kappa shape index (κ3) is 4.68. The molecule has 0 aromatic heterocycles. The Labute approximate surface area is 219 Å².